The number of aliphatic hydroxyl groups excluding tert-OH is 3. The van der Waals surface area contributed by atoms with Crippen molar-refractivity contribution in [1.82, 2.24) is 0 Å². The number of fused-ring (bicyclic) bond motifs is 5. The van der Waals surface area contributed by atoms with E-state index in [1.165, 1.54) is 0 Å². The first-order valence-electron chi connectivity index (χ1n) is 8.78. The molecular weight excluding hydrogens is 276 g/mol. The molecule has 3 nitrogen and oxygen atoms in total. The fraction of sp³-hybridized carbons (Fsp3) is 0.789. The highest BCUT2D eigenvalue weighted by Gasteiger charge is 2.60. The second-order valence-electron chi connectivity index (χ2n) is 8.61. The number of hydrogen-bond acceptors (Lipinski definition) is 3. The lowest BCUT2D eigenvalue weighted by Gasteiger charge is -2.60. The van der Waals surface area contributed by atoms with Crippen LogP contribution in [-0.4, -0.2) is 33.6 Å². The van der Waals surface area contributed by atoms with Crippen LogP contribution in [0.2, 0.25) is 0 Å². The summed E-state index contributed by atoms with van der Waals surface area (Å²) in [5.41, 5.74) is -0.0327. The Balaban J connectivity index is 1.73. The standard InChI is InChI=1S/C19H28O3/c1-18-7-5-12(20)9-11(18)10-15(21)17-13-3-4-16(22)19(13,2)8-6-14(17)18/h3-5,7,11-17,20-22H,6,8-10H2,1-2H3/t11?,12?,13-,14+,15?,16?,17-,18-,19-/m0/s1. The lowest BCUT2D eigenvalue weighted by Crippen LogP contribution is -2.58. The molecule has 0 radical (unpaired) electrons. The van der Waals surface area contributed by atoms with Gasteiger partial charge >= 0.3 is 0 Å². The van der Waals surface area contributed by atoms with Crippen LogP contribution < -0.4 is 0 Å². The molecule has 122 valence electrons. The fourth-order valence-corrected chi connectivity index (χ4v) is 6.19. The molecule has 4 unspecified atom stereocenters. The summed E-state index contributed by atoms with van der Waals surface area (Å²) in [6.45, 7) is 4.50. The Hall–Kier alpha value is -0.640. The molecule has 9 atom stereocenters. The molecule has 4 aliphatic rings. The normalized spacial score (nSPS) is 59.8. The zero-order chi connectivity index (χ0) is 15.7. The second-order valence-corrected chi connectivity index (χ2v) is 8.61. The smallest absolute Gasteiger partial charge is 0.0780 e. The minimum absolute atomic E-state index is 0.0752. The molecular formula is C19H28O3. The van der Waals surface area contributed by atoms with Crippen molar-refractivity contribution in [3.8, 4) is 0 Å². The van der Waals surface area contributed by atoms with Gasteiger partial charge in [0.05, 0.1) is 18.3 Å². The van der Waals surface area contributed by atoms with Crippen LogP contribution in [0.3, 0.4) is 0 Å². The minimum Gasteiger partial charge on any atom is -0.393 e. The lowest BCUT2D eigenvalue weighted by atomic mass is 9.45. The summed E-state index contributed by atoms with van der Waals surface area (Å²) in [5, 5.41) is 31.2. The van der Waals surface area contributed by atoms with E-state index in [9.17, 15) is 15.3 Å². The van der Waals surface area contributed by atoms with E-state index in [-0.39, 0.29) is 41.0 Å². The molecule has 0 aliphatic heterocycles. The Morgan fingerprint density at radius 2 is 1.77 bits per heavy atom. The topological polar surface area (TPSA) is 60.7 Å². The van der Waals surface area contributed by atoms with Crippen molar-refractivity contribution >= 4 is 0 Å². The average molecular weight is 304 g/mol. The highest BCUT2D eigenvalue weighted by atomic mass is 16.3. The lowest BCUT2D eigenvalue weighted by molar-refractivity contribution is -0.144. The molecule has 0 bridgehead atoms. The van der Waals surface area contributed by atoms with E-state index >= 15 is 0 Å². The molecule has 0 spiro atoms. The van der Waals surface area contributed by atoms with Crippen molar-refractivity contribution in [3.63, 3.8) is 0 Å². The maximum atomic E-state index is 10.9. The molecule has 22 heavy (non-hydrogen) atoms. The third kappa shape index (κ3) is 1.79. The van der Waals surface area contributed by atoms with E-state index in [0.717, 1.165) is 25.7 Å². The largest absolute Gasteiger partial charge is 0.393 e. The predicted octanol–water partition coefficient (Wildman–Crippen LogP) is 2.27. The molecule has 0 aromatic carbocycles. The first-order chi connectivity index (χ1) is 10.4. The first kappa shape index (κ1) is 14.9. The van der Waals surface area contributed by atoms with Crippen molar-refractivity contribution < 1.29 is 15.3 Å². The Morgan fingerprint density at radius 1 is 1.00 bits per heavy atom. The van der Waals surface area contributed by atoms with Crippen LogP contribution in [0.25, 0.3) is 0 Å². The molecule has 0 heterocycles. The van der Waals surface area contributed by atoms with Crippen LogP contribution in [0.4, 0.5) is 0 Å². The van der Waals surface area contributed by atoms with Gasteiger partial charge in [-0.2, -0.15) is 0 Å². The molecule has 3 N–H and O–H groups in total. The van der Waals surface area contributed by atoms with Crippen LogP contribution in [0.5, 0.6) is 0 Å². The Morgan fingerprint density at radius 3 is 2.55 bits per heavy atom. The van der Waals surface area contributed by atoms with Crippen LogP contribution in [0.1, 0.15) is 39.5 Å². The number of aliphatic hydroxyl groups is 3. The third-order valence-corrected chi connectivity index (χ3v) is 7.66. The summed E-state index contributed by atoms with van der Waals surface area (Å²) in [6, 6.07) is 0. The van der Waals surface area contributed by atoms with Gasteiger partial charge in [-0.15, -0.1) is 0 Å². The summed E-state index contributed by atoms with van der Waals surface area (Å²) >= 11 is 0. The monoisotopic (exact) mass is 304 g/mol. The molecule has 4 rings (SSSR count). The van der Waals surface area contributed by atoms with Crippen LogP contribution in [0, 0.1) is 34.5 Å². The Labute approximate surface area is 132 Å². The highest BCUT2D eigenvalue weighted by Crippen LogP contribution is 2.63. The van der Waals surface area contributed by atoms with Crippen molar-refractivity contribution in [2.45, 2.75) is 57.8 Å². The minimum atomic E-state index is -0.375. The van der Waals surface area contributed by atoms with Gasteiger partial charge in [0, 0.05) is 5.41 Å². The molecule has 2 fully saturated rings. The van der Waals surface area contributed by atoms with E-state index in [0.29, 0.717) is 11.8 Å². The maximum absolute atomic E-state index is 10.9. The molecule has 0 saturated heterocycles. The first-order valence-corrected chi connectivity index (χ1v) is 8.78. The average Bonchev–Trinajstić information content (AvgIpc) is 2.77. The maximum Gasteiger partial charge on any atom is 0.0780 e. The van der Waals surface area contributed by atoms with Crippen LogP contribution in [-0.2, 0) is 0 Å². The van der Waals surface area contributed by atoms with Crippen molar-refractivity contribution in [2.75, 3.05) is 0 Å². The SMILES string of the molecule is C[C@]12C=CC(O)CC1CC(O)[C@@H]1[C@H]2CC[C@]2(C)C(O)C=C[C@@H]12. The molecule has 3 heteroatoms. The van der Waals surface area contributed by atoms with Gasteiger partial charge in [-0.05, 0) is 54.8 Å². The summed E-state index contributed by atoms with van der Waals surface area (Å²) in [6.07, 6.45) is 10.9. The molecule has 0 aromatic rings. The Bertz CT molecular complexity index is 527. The Kier molecular flexibility index (Phi) is 3.18. The van der Waals surface area contributed by atoms with Gasteiger partial charge in [0.15, 0.2) is 0 Å². The zero-order valence-corrected chi connectivity index (χ0v) is 13.5. The van der Waals surface area contributed by atoms with Gasteiger partial charge in [0.25, 0.3) is 0 Å². The van der Waals surface area contributed by atoms with Gasteiger partial charge < -0.3 is 15.3 Å². The summed E-state index contributed by atoms with van der Waals surface area (Å²) in [7, 11) is 0. The quantitative estimate of drug-likeness (QED) is 0.602. The van der Waals surface area contributed by atoms with E-state index in [1.807, 2.05) is 12.2 Å². The van der Waals surface area contributed by atoms with Crippen molar-refractivity contribution in [1.29, 1.82) is 0 Å². The number of hydrogen-bond donors (Lipinski definition) is 3. The van der Waals surface area contributed by atoms with Gasteiger partial charge in [0.2, 0.25) is 0 Å². The summed E-state index contributed by atoms with van der Waals surface area (Å²) in [5.74, 6) is 1.31. The van der Waals surface area contributed by atoms with E-state index in [2.05, 4.69) is 26.0 Å². The van der Waals surface area contributed by atoms with Crippen LogP contribution in [0.15, 0.2) is 24.3 Å². The zero-order valence-electron chi connectivity index (χ0n) is 13.5. The molecule has 0 amide bonds. The molecule has 0 aromatic heterocycles. The molecule has 4 aliphatic carbocycles. The number of allylic oxidation sites excluding steroid dienone is 2. The van der Waals surface area contributed by atoms with E-state index in [1.54, 1.807) is 0 Å². The van der Waals surface area contributed by atoms with Crippen LogP contribution >= 0.6 is 0 Å². The third-order valence-electron chi connectivity index (χ3n) is 7.66. The van der Waals surface area contributed by atoms with E-state index < -0.39 is 0 Å². The summed E-state index contributed by atoms with van der Waals surface area (Å²) < 4.78 is 0. The van der Waals surface area contributed by atoms with Crippen molar-refractivity contribution in [3.05, 3.63) is 24.3 Å². The van der Waals surface area contributed by atoms with Gasteiger partial charge in [-0.25, -0.2) is 0 Å². The molecule has 2 saturated carbocycles. The second kappa shape index (κ2) is 4.68. The fourth-order valence-electron chi connectivity index (χ4n) is 6.19. The van der Waals surface area contributed by atoms with E-state index in [4.69, 9.17) is 0 Å². The van der Waals surface area contributed by atoms with Gasteiger partial charge in [-0.3, -0.25) is 0 Å². The van der Waals surface area contributed by atoms with Gasteiger partial charge in [-0.1, -0.05) is 38.2 Å². The van der Waals surface area contributed by atoms with Crippen molar-refractivity contribution in [2.24, 2.45) is 34.5 Å². The van der Waals surface area contributed by atoms with Gasteiger partial charge in [0.1, 0.15) is 0 Å². The summed E-state index contributed by atoms with van der Waals surface area (Å²) in [4.78, 5) is 0. The highest BCUT2D eigenvalue weighted by molar-refractivity contribution is 5.23. The predicted molar refractivity (Wildman–Crippen MR) is 84.9 cm³/mol. The number of rotatable bonds is 0.